The molecule has 3 atom stereocenters. The number of amides is 1. The van der Waals surface area contributed by atoms with Crippen molar-refractivity contribution in [2.45, 2.75) is 52.3 Å². The van der Waals surface area contributed by atoms with Crippen LogP contribution in [-0.4, -0.2) is 55.0 Å². The lowest BCUT2D eigenvalue weighted by Gasteiger charge is -2.26. The molecular formula is C15H28N2O3. The summed E-state index contributed by atoms with van der Waals surface area (Å²) in [5.74, 6) is 1.18. The van der Waals surface area contributed by atoms with E-state index in [0.29, 0.717) is 23.9 Å². The van der Waals surface area contributed by atoms with E-state index in [2.05, 4.69) is 12.2 Å². The summed E-state index contributed by atoms with van der Waals surface area (Å²) in [4.78, 5) is 13.8. The van der Waals surface area contributed by atoms with Crippen LogP contribution < -0.4 is 5.32 Å². The zero-order valence-electron chi connectivity index (χ0n) is 13.3. The maximum atomic E-state index is 12.0. The van der Waals surface area contributed by atoms with Gasteiger partial charge < -0.3 is 19.7 Å². The molecule has 0 aromatic carbocycles. The summed E-state index contributed by atoms with van der Waals surface area (Å²) in [6, 6.07) is 0.921. The van der Waals surface area contributed by atoms with E-state index in [-0.39, 0.29) is 6.09 Å². The molecular weight excluding hydrogens is 256 g/mol. The minimum absolute atomic E-state index is 0.175. The van der Waals surface area contributed by atoms with E-state index in [1.54, 1.807) is 0 Å². The summed E-state index contributed by atoms with van der Waals surface area (Å²) in [5.41, 5.74) is -0.409. The zero-order valence-corrected chi connectivity index (χ0v) is 13.3. The SMILES string of the molecule is CCOCC(C)NC1C2CN(C(=O)OC(C)(C)C)CC21. The van der Waals surface area contributed by atoms with E-state index in [4.69, 9.17) is 9.47 Å². The molecule has 0 radical (unpaired) electrons. The van der Waals surface area contributed by atoms with Crippen LogP contribution in [0.5, 0.6) is 0 Å². The van der Waals surface area contributed by atoms with Crippen LogP contribution in [-0.2, 0) is 9.47 Å². The Morgan fingerprint density at radius 1 is 1.35 bits per heavy atom. The predicted molar refractivity (Wildman–Crippen MR) is 77.7 cm³/mol. The standard InChI is InChI=1S/C15H28N2O3/c1-6-19-9-10(2)16-13-11-7-17(8-12(11)13)14(18)20-15(3,4)5/h10-13,16H,6-9H2,1-5H3. The summed E-state index contributed by atoms with van der Waals surface area (Å²) < 4.78 is 10.8. The molecule has 2 aliphatic rings. The molecule has 116 valence electrons. The molecule has 1 N–H and O–H groups in total. The third kappa shape index (κ3) is 3.85. The largest absolute Gasteiger partial charge is 0.444 e. The van der Waals surface area contributed by atoms with Crippen LogP contribution in [0.25, 0.3) is 0 Å². The van der Waals surface area contributed by atoms with Gasteiger partial charge in [-0.1, -0.05) is 0 Å². The third-order valence-electron chi connectivity index (χ3n) is 3.89. The Morgan fingerprint density at radius 2 is 1.95 bits per heavy atom. The average molecular weight is 284 g/mol. The first-order valence-corrected chi connectivity index (χ1v) is 7.63. The van der Waals surface area contributed by atoms with Crippen LogP contribution in [0.15, 0.2) is 0 Å². The van der Waals surface area contributed by atoms with Gasteiger partial charge in [0.1, 0.15) is 5.60 Å². The first kappa shape index (κ1) is 15.6. The van der Waals surface area contributed by atoms with Crippen molar-refractivity contribution < 1.29 is 14.3 Å². The highest BCUT2D eigenvalue weighted by molar-refractivity contribution is 5.69. The molecule has 1 saturated carbocycles. The highest BCUT2D eigenvalue weighted by Crippen LogP contribution is 2.46. The Labute approximate surface area is 122 Å². The second kappa shape index (κ2) is 5.90. The first-order chi connectivity index (χ1) is 9.31. The van der Waals surface area contributed by atoms with E-state index < -0.39 is 5.60 Å². The molecule has 1 saturated heterocycles. The minimum Gasteiger partial charge on any atom is -0.444 e. The molecule has 1 heterocycles. The Balaban J connectivity index is 1.70. The predicted octanol–water partition coefficient (Wildman–Crippen LogP) is 1.87. The monoisotopic (exact) mass is 284 g/mol. The van der Waals surface area contributed by atoms with E-state index in [1.165, 1.54) is 0 Å². The number of likely N-dealkylation sites (tertiary alicyclic amines) is 1. The number of rotatable bonds is 5. The van der Waals surface area contributed by atoms with Crippen molar-refractivity contribution in [1.29, 1.82) is 0 Å². The Bertz CT molecular complexity index is 342. The second-order valence-electron chi connectivity index (χ2n) is 6.97. The highest BCUT2D eigenvalue weighted by atomic mass is 16.6. The Kier molecular flexibility index (Phi) is 4.59. The van der Waals surface area contributed by atoms with Crippen molar-refractivity contribution in [3.8, 4) is 0 Å². The Morgan fingerprint density at radius 3 is 2.45 bits per heavy atom. The molecule has 0 aromatic heterocycles. The maximum Gasteiger partial charge on any atom is 0.410 e. The van der Waals surface area contributed by atoms with Gasteiger partial charge in [0.15, 0.2) is 0 Å². The van der Waals surface area contributed by atoms with E-state index in [1.807, 2.05) is 32.6 Å². The summed E-state index contributed by atoms with van der Waals surface area (Å²) in [7, 11) is 0. The maximum absolute atomic E-state index is 12.0. The van der Waals surface area contributed by atoms with Gasteiger partial charge in [0.25, 0.3) is 0 Å². The number of hydrogen-bond donors (Lipinski definition) is 1. The van der Waals surface area contributed by atoms with Crippen molar-refractivity contribution in [3.05, 3.63) is 0 Å². The highest BCUT2D eigenvalue weighted by Gasteiger charge is 2.57. The number of nitrogens with zero attached hydrogens (tertiary/aromatic N) is 1. The number of ether oxygens (including phenoxy) is 2. The van der Waals surface area contributed by atoms with Gasteiger partial charge >= 0.3 is 6.09 Å². The summed E-state index contributed by atoms with van der Waals surface area (Å²) in [6.45, 7) is 13.0. The lowest BCUT2D eigenvalue weighted by molar-refractivity contribution is 0.0267. The number of carbonyl (C=O) groups is 1. The molecule has 20 heavy (non-hydrogen) atoms. The fourth-order valence-electron chi connectivity index (χ4n) is 2.92. The fourth-order valence-corrected chi connectivity index (χ4v) is 2.92. The number of hydrogen-bond acceptors (Lipinski definition) is 4. The van der Waals surface area contributed by atoms with Gasteiger partial charge in [0, 0.05) is 31.8 Å². The molecule has 1 aliphatic heterocycles. The Hall–Kier alpha value is -0.810. The number of fused-ring (bicyclic) bond motifs is 1. The van der Waals surface area contributed by atoms with Crippen LogP contribution in [0, 0.1) is 11.8 Å². The smallest absolute Gasteiger partial charge is 0.410 e. The van der Waals surface area contributed by atoms with Crippen LogP contribution in [0.3, 0.4) is 0 Å². The molecule has 1 aliphatic carbocycles. The summed E-state index contributed by atoms with van der Waals surface area (Å²) >= 11 is 0. The number of nitrogens with one attached hydrogen (secondary N) is 1. The molecule has 0 bridgehead atoms. The van der Waals surface area contributed by atoms with Crippen molar-refractivity contribution in [2.75, 3.05) is 26.3 Å². The van der Waals surface area contributed by atoms with Gasteiger partial charge in [-0.15, -0.1) is 0 Å². The van der Waals surface area contributed by atoms with Crippen molar-refractivity contribution >= 4 is 6.09 Å². The van der Waals surface area contributed by atoms with E-state index in [0.717, 1.165) is 26.3 Å². The topological polar surface area (TPSA) is 50.8 Å². The summed E-state index contributed by atoms with van der Waals surface area (Å²) in [6.07, 6.45) is -0.175. The molecule has 5 nitrogen and oxygen atoms in total. The van der Waals surface area contributed by atoms with Gasteiger partial charge in [-0.05, 0) is 46.5 Å². The first-order valence-electron chi connectivity index (χ1n) is 7.63. The van der Waals surface area contributed by atoms with Crippen molar-refractivity contribution in [1.82, 2.24) is 10.2 Å². The van der Waals surface area contributed by atoms with Gasteiger partial charge in [0.05, 0.1) is 6.61 Å². The molecule has 1 amide bonds. The third-order valence-corrected chi connectivity index (χ3v) is 3.89. The average Bonchev–Trinajstić information content (AvgIpc) is 2.79. The fraction of sp³-hybridized carbons (Fsp3) is 0.933. The molecule has 2 rings (SSSR count). The lowest BCUT2D eigenvalue weighted by Crippen LogP contribution is -2.41. The molecule has 5 heteroatoms. The molecule has 0 spiro atoms. The van der Waals surface area contributed by atoms with Crippen molar-refractivity contribution in [3.63, 3.8) is 0 Å². The quantitative estimate of drug-likeness (QED) is 0.837. The van der Waals surface area contributed by atoms with E-state index >= 15 is 0 Å². The van der Waals surface area contributed by atoms with Gasteiger partial charge in [-0.2, -0.15) is 0 Å². The van der Waals surface area contributed by atoms with Crippen LogP contribution in [0.2, 0.25) is 0 Å². The van der Waals surface area contributed by atoms with Gasteiger partial charge in [0.2, 0.25) is 0 Å². The molecule has 0 aromatic rings. The molecule has 3 unspecified atom stereocenters. The van der Waals surface area contributed by atoms with Crippen LogP contribution in [0.4, 0.5) is 4.79 Å². The van der Waals surface area contributed by atoms with Crippen LogP contribution in [0.1, 0.15) is 34.6 Å². The minimum atomic E-state index is -0.409. The van der Waals surface area contributed by atoms with E-state index in [9.17, 15) is 4.79 Å². The molecule has 2 fully saturated rings. The van der Waals surface area contributed by atoms with Gasteiger partial charge in [-0.3, -0.25) is 0 Å². The number of piperidine rings is 1. The van der Waals surface area contributed by atoms with Gasteiger partial charge in [-0.25, -0.2) is 4.79 Å². The second-order valence-corrected chi connectivity index (χ2v) is 6.97. The number of carbonyl (C=O) groups excluding carboxylic acids is 1. The van der Waals surface area contributed by atoms with Crippen molar-refractivity contribution in [2.24, 2.45) is 11.8 Å². The van der Waals surface area contributed by atoms with Crippen LogP contribution >= 0.6 is 0 Å². The zero-order chi connectivity index (χ0) is 14.9. The normalized spacial score (nSPS) is 30.1. The summed E-state index contributed by atoms with van der Waals surface area (Å²) in [5, 5.41) is 3.59. The lowest BCUT2D eigenvalue weighted by atomic mass is 10.2.